The normalized spacial score (nSPS) is 24.7. The highest BCUT2D eigenvalue weighted by Gasteiger charge is 2.42. The predicted octanol–water partition coefficient (Wildman–Crippen LogP) is 4.49. The standard InChI is InChI=1S/C34H47N5O4S/c1-24(2)36-15-17-37(18-16-36)29-8-5-7-28(23-29)35-34(40)25(3)33-32-9-6-14-38(32)19-20-39(33)44(41,42)31-13-11-26-21-30(43-4)12-10-27(26)22-31/h6,9-14,21-22,24-25,28-29,33H,5,7-8,15-20,23H2,1-4H3,(H,35,40). The Hall–Kier alpha value is -2.92. The number of carbonyl (C=O) groups is 1. The molecule has 2 aliphatic heterocycles. The Balaban J connectivity index is 1.19. The third-order valence-corrected chi connectivity index (χ3v) is 12.0. The lowest BCUT2D eigenvalue weighted by atomic mass is 9.88. The molecular weight excluding hydrogens is 574 g/mol. The molecule has 0 radical (unpaired) electrons. The Kier molecular flexibility index (Phi) is 9.06. The van der Waals surface area contributed by atoms with Crippen molar-refractivity contribution in [2.24, 2.45) is 5.92 Å². The van der Waals surface area contributed by atoms with Gasteiger partial charge in [-0.05, 0) is 86.7 Å². The van der Waals surface area contributed by atoms with Crippen molar-refractivity contribution in [2.75, 3.05) is 39.8 Å². The highest BCUT2D eigenvalue weighted by molar-refractivity contribution is 7.89. The van der Waals surface area contributed by atoms with E-state index in [0.717, 1.165) is 67.7 Å². The first kappa shape index (κ1) is 31.1. The van der Waals surface area contributed by atoms with Gasteiger partial charge in [-0.1, -0.05) is 19.1 Å². The molecule has 3 aromatic rings. The van der Waals surface area contributed by atoms with E-state index >= 15 is 0 Å². The van der Waals surface area contributed by atoms with Crippen LogP contribution in [0.2, 0.25) is 0 Å². The summed E-state index contributed by atoms with van der Waals surface area (Å²) in [5.74, 6) is 0.0897. The summed E-state index contributed by atoms with van der Waals surface area (Å²) in [6.45, 7) is 11.6. The van der Waals surface area contributed by atoms with Gasteiger partial charge in [-0.3, -0.25) is 14.6 Å². The van der Waals surface area contributed by atoms with Crippen LogP contribution in [-0.2, 0) is 21.4 Å². The number of nitrogens with one attached hydrogen (secondary N) is 1. The minimum Gasteiger partial charge on any atom is -0.497 e. The third-order valence-electron chi connectivity index (χ3n) is 10.1. The number of ether oxygens (including phenoxy) is 1. The fourth-order valence-electron chi connectivity index (χ4n) is 7.51. The van der Waals surface area contributed by atoms with E-state index in [1.165, 1.54) is 6.42 Å². The predicted molar refractivity (Wildman–Crippen MR) is 173 cm³/mol. The smallest absolute Gasteiger partial charge is 0.243 e. The molecule has 4 unspecified atom stereocenters. The number of benzene rings is 2. The summed E-state index contributed by atoms with van der Waals surface area (Å²) in [7, 11) is -2.27. The van der Waals surface area contributed by atoms with Crippen LogP contribution < -0.4 is 10.1 Å². The van der Waals surface area contributed by atoms with Crippen LogP contribution >= 0.6 is 0 Å². The van der Waals surface area contributed by atoms with Crippen LogP contribution in [0.25, 0.3) is 10.8 Å². The van der Waals surface area contributed by atoms with Gasteiger partial charge in [0.05, 0.1) is 24.0 Å². The number of piperazine rings is 1. The van der Waals surface area contributed by atoms with E-state index in [-0.39, 0.29) is 16.8 Å². The Labute approximate surface area is 262 Å². The molecule has 2 fully saturated rings. The van der Waals surface area contributed by atoms with Gasteiger partial charge in [-0.25, -0.2) is 8.42 Å². The summed E-state index contributed by atoms with van der Waals surface area (Å²) in [6, 6.07) is 15.3. The maximum Gasteiger partial charge on any atom is 0.243 e. The van der Waals surface area contributed by atoms with Crippen molar-refractivity contribution in [1.82, 2.24) is 24.0 Å². The number of amides is 1. The average Bonchev–Trinajstić information content (AvgIpc) is 3.52. The van der Waals surface area contributed by atoms with Gasteiger partial charge in [0.2, 0.25) is 15.9 Å². The van der Waals surface area contributed by atoms with E-state index in [1.807, 2.05) is 49.5 Å². The topological polar surface area (TPSA) is 87.1 Å². The number of hydrogen-bond acceptors (Lipinski definition) is 6. The van der Waals surface area contributed by atoms with Crippen molar-refractivity contribution in [3.05, 3.63) is 60.4 Å². The molecule has 1 aliphatic carbocycles. The molecule has 0 spiro atoms. The number of methoxy groups -OCH3 is 1. The van der Waals surface area contributed by atoms with E-state index in [9.17, 15) is 13.2 Å². The molecule has 4 atom stereocenters. The van der Waals surface area contributed by atoms with E-state index < -0.39 is 22.0 Å². The SMILES string of the molecule is COc1ccc2cc(S(=O)(=O)N3CCn4cccc4C3C(C)C(=O)NC3CCCC(N4CCN(C(C)C)CC4)C3)ccc2c1. The van der Waals surface area contributed by atoms with Crippen molar-refractivity contribution >= 4 is 26.7 Å². The molecule has 1 saturated carbocycles. The van der Waals surface area contributed by atoms with Gasteiger partial charge in [0, 0.05) is 69.3 Å². The van der Waals surface area contributed by atoms with Crippen LogP contribution in [-0.4, -0.2) is 91.0 Å². The zero-order valence-corrected chi connectivity index (χ0v) is 27.3. The first-order valence-corrected chi connectivity index (χ1v) is 17.6. The number of sulfonamides is 1. The largest absolute Gasteiger partial charge is 0.497 e. The maximum absolute atomic E-state index is 14.2. The van der Waals surface area contributed by atoms with E-state index in [1.54, 1.807) is 23.5 Å². The zero-order valence-electron chi connectivity index (χ0n) is 26.5. The van der Waals surface area contributed by atoms with Crippen molar-refractivity contribution in [3.63, 3.8) is 0 Å². The number of fused-ring (bicyclic) bond motifs is 2. The third kappa shape index (κ3) is 6.14. The molecular formula is C34H47N5O4S. The molecule has 238 valence electrons. The quantitative estimate of drug-likeness (QED) is 0.399. The van der Waals surface area contributed by atoms with Crippen molar-refractivity contribution in [1.29, 1.82) is 0 Å². The Morgan fingerprint density at radius 2 is 1.68 bits per heavy atom. The van der Waals surface area contributed by atoms with E-state index in [4.69, 9.17) is 4.74 Å². The van der Waals surface area contributed by atoms with E-state index in [2.05, 4.69) is 33.5 Å². The first-order valence-electron chi connectivity index (χ1n) is 16.2. The van der Waals surface area contributed by atoms with E-state index in [0.29, 0.717) is 25.2 Å². The second-order valence-corrected chi connectivity index (χ2v) is 14.9. The molecule has 44 heavy (non-hydrogen) atoms. The number of aromatic nitrogens is 1. The first-order chi connectivity index (χ1) is 21.2. The van der Waals surface area contributed by atoms with Crippen LogP contribution in [0.1, 0.15) is 58.2 Å². The van der Waals surface area contributed by atoms with Gasteiger partial charge in [-0.15, -0.1) is 0 Å². The number of nitrogens with zero attached hydrogens (tertiary/aromatic N) is 4. The zero-order chi connectivity index (χ0) is 31.0. The summed E-state index contributed by atoms with van der Waals surface area (Å²) in [6.07, 6.45) is 6.15. The fourth-order valence-corrected chi connectivity index (χ4v) is 9.21. The lowest BCUT2D eigenvalue weighted by Crippen LogP contribution is -2.55. The molecule has 1 amide bonds. The van der Waals surface area contributed by atoms with Crippen molar-refractivity contribution < 1.29 is 17.9 Å². The number of carbonyl (C=O) groups excluding carboxylic acids is 1. The second kappa shape index (κ2) is 12.8. The summed E-state index contributed by atoms with van der Waals surface area (Å²) < 4.78 is 37.5. The molecule has 1 N–H and O–H groups in total. The molecule has 9 nitrogen and oxygen atoms in total. The Morgan fingerprint density at radius 3 is 2.43 bits per heavy atom. The summed E-state index contributed by atoms with van der Waals surface area (Å²) >= 11 is 0. The highest BCUT2D eigenvalue weighted by Crippen LogP contribution is 2.38. The molecule has 3 heterocycles. The van der Waals surface area contributed by atoms with Gasteiger partial charge in [0.1, 0.15) is 5.75 Å². The van der Waals surface area contributed by atoms with Gasteiger partial charge < -0.3 is 14.6 Å². The van der Waals surface area contributed by atoms with Gasteiger partial charge in [0.25, 0.3) is 0 Å². The molecule has 10 heteroatoms. The molecule has 1 aromatic heterocycles. The Morgan fingerprint density at radius 1 is 0.932 bits per heavy atom. The molecule has 1 saturated heterocycles. The highest BCUT2D eigenvalue weighted by atomic mass is 32.2. The van der Waals surface area contributed by atoms with Crippen molar-refractivity contribution in [2.45, 2.75) is 82.1 Å². The van der Waals surface area contributed by atoms with Crippen LogP contribution in [0, 0.1) is 5.92 Å². The number of rotatable bonds is 8. The maximum atomic E-state index is 14.2. The summed E-state index contributed by atoms with van der Waals surface area (Å²) in [5, 5.41) is 5.10. The number of hydrogen-bond donors (Lipinski definition) is 1. The van der Waals surface area contributed by atoms with Crippen LogP contribution in [0.5, 0.6) is 5.75 Å². The second-order valence-electron chi connectivity index (χ2n) is 13.0. The average molecular weight is 622 g/mol. The lowest BCUT2D eigenvalue weighted by molar-refractivity contribution is -0.127. The molecule has 6 rings (SSSR count). The van der Waals surface area contributed by atoms with Gasteiger partial charge in [0.15, 0.2) is 0 Å². The molecule has 2 aromatic carbocycles. The monoisotopic (exact) mass is 621 g/mol. The molecule has 0 bridgehead atoms. The molecule has 3 aliphatic rings. The Bertz CT molecular complexity index is 1580. The van der Waals surface area contributed by atoms with Crippen LogP contribution in [0.4, 0.5) is 0 Å². The lowest BCUT2D eigenvalue weighted by Gasteiger charge is -2.44. The minimum absolute atomic E-state index is 0.0780. The van der Waals surface area contributed by atoms with Crippen molar-refractivity contribution in [3.8, 4) is 5.75 Å². The van der Waals surface area contributed by atoms with Crippen LogP contribution in [0.15, 0.2) is 59.6 Å². The summed E-state index contributed by atoms with van der Waals surface area (Å²) in [5.41, 5.74) is 0.859. The fraction of sp³-hybridized carbons (Fsp3) is 0.559. The van der Waals surface area contributed by atoms with Gasteiger partial charge >= 0.3 is 0 Å². The van der Waals surface area contributed by atoms with Crippen LogP contribution in [0.3, 0.4) is 0 Å². The summed E-state index contributed by atoms with van der Waals surface area (Å²) in [4.78, 5) is 19.3. The van der Waals surface area contributed by atoms with Gasteiger partial charge in [-0.2, -0.15) is 4.31 Å². The minimum atomic E-state index is -3.89.